The standard InChI is InChI=1S/C17H19F2N3O2/c1-21-6-8-22(9-7-21)17(23)5-4-16-20-11-15(24-16)13-3-2-12(18)10-14(13)19/h2-3,10-11H,4-9H2,1H3. The van der Waals surface area contributed by atoms with E-state index >= 15 is 0 Å². The molecule has 1 saturated heterocycles. The van der Waals surface area contributed by atoms with Crippen LogP contribution in [0.2, 0.25) is 0 Å². The van der Waals surface area contributed by atoms with E-state index in [0.29, 0.717) is 18.7 Å². The molecule has 0 bridgehead atoms. The lowest BCUT2D eigenvalue weighted by Gasteiger charge is -2.32. The number of hydrogen-bond acceptors (Lipinski definition) is 4. The van der Waals surface area contributed by atoms with Crippen LogP contribution in [0.5, 0.6) is 0 Å². The smallest absolute Gasteiger partial charge is 0.223 e. The maximum atomic E-state index is 13.7. The maximum absolute atomic E-state index is 13.7. The highest BCUT2D eigenvalue weighted by Gasteiger charge is 2.19. The number of oxazole rings is 1. The van der Waals surface area contributed by atoms with E-state index in [9.17, 15) is 13.6 Å². The molecule has 2 heterocycles. The maximum Gasteiger partial charge on any atom is 0.223 e. The van der Waals surface area contributed by atoms with Gasteiger partial charge in [-0.25, -0.2) is 13.8 Å². The number of likely N-dealkylation sites (N-methyl/N-ethyl adjacent to an activating group) is 1. The van der Waals surface area contributed by atoms with E-state index in [2.05, 4.69) is 9.88 Å². The Labute approximate surface area is 138 Å². The van der Waals surface area contributed by atoms with Gasteiger partial charge in [0.05, 0.1) is 11.8 Å². The van der Waals surface area contributed by atoms with E-state index in [1.807, 2.05) is 11.9 Å². The van der Waals surface area contributed by atoms with Crippen molar-refractivity contribution < 1.29 is 18.0 Å². The van der Waals surface area contributed by atoms with Crippen LogP contribution in [-0.4, -0.2) is 53.9 Å². The molecular formula is C17H19F2N3O2. The van der Waals surface area contributed by atoms with Gasteiger partial charge in [-0.05, 0) is 19.2 Å². The second-order valence-corrected chi connectivity index (χ2v) is 5.93. The summed E-state index contributed by atoms with van der Waals surface area (Å²) < 4.78 is 32.2. The van der Waals surface area contributed by atoms with Crippen LogP contribution in [0.4, 0.5) is 8.78 Å². The minimum Gasteiger partial charge on any atom is -0.441 e. The van der Waals surface area contributed by atoms with Crippen molar-refractivity contribution in [3.63, 3.8) is 0 Å². The van der Waals surface area contributed by atoms with Gasteiger partial charge in [0.15, 0.2) is 11.7 Å². The molecule has 7 heteroatoms. The zero-order chi connectivity index (χ0) is 17.1. The lowest BCUT2D eigenvalue weighted by atomic mass is 10.2. The van der Waals surface area contributed by atoms with Gasteiger partial charge in [-0.2, -0.15) is 0 Å². The third-order valence-electron chi connectivity index (χ3n) is 4.16. The van der Waals surface area contributed by atoms with E-state index in [1.165, 1.54) is 12.3 Å². The van der Waals surface area contributed by atoms with Crippen LogP contribution in [0.1, 0.15) is 12.3 Å². The molecule has 3 rings (SSSR count). The number of halogens is 2. The molecule has 1 aromatic heterocycles. The first-order valence-electron chi connectivity index (χ1n) is 7.89. The molecule has 24 heavy (non-hydrogen) atoms. The van der Waals surface area contributed by atoms with Crippen molar-refractivity contribution in [2.45, 2.75) is 12.8 Å². The van der Waals surface area contributed by atoms with Crippen LogP contribution >= 0.6 is 0 Å². The van der Waals surface area contributed by atoms with Gasteiger partial charge in [0, 0.05) is 45.1 Å². The van der Waals surface area contributed by atoms with Gasteiger partial charge in [0.1, 0.15) is 11.6 Å². The topological polar surface area (TPSA) is 49.6 Å². The molecule has 1 amide bonds. The second-order valence-electron chi connectivity index (χ2n) is 5.93. The van der Waals surface area contributed by atoms with Crippen molar-refractivity contribution in [3.8, 4) is 11.3 Å². The van der Waals surface area contributed by atoms with Crippen LogP contribution < -0.4 is 0 Å². The molecule has 0 spiro atoms. The van der Waals surface area contributed by atoms with E-state index in [-0.39, 0.29) is 17.2 Å². The number of hydrogen-bond donors (Lipinski definition) is 0. The summed E-state index contributed by atoms with van der Waals surface area (Å²) >= 11 is 0. The van der Waals surface area contributed by atoms with E-state index in [0.717, 1.165) is 38.3 Å². The van der Waals surface area contributed by atoms with Gasteiger partial charge < -0.3 is 14.2 Å². The van der Waals surface area contributed by atoms with Crippen molar-refractivity contribution in [2.75, 3.05) is 33.2 Å². The van der Waals surface area contributed by atoms with Gasteiger partial charge in [0.25, 0.3) is 0 Å². The highest BCUT2D eigenvalue weighted by Crippen LogP contribution is 2.24. The molecule has 2 aromatic rings. The molecule has 5 nitrogen and oxygen atoms in total. The van der Waals surface area contributed by atoms with Crippen molar-refractivity contribution in [1.29, 1.82) is 0 Å². The molecule has 0 aliphatic carbocycles. The monoisotopic (exact) mass is 335 g/mol. The van der Waals surface area contributed by atoms with Gasteiger partial charge in [-0.15, -0.1) is 0 Å². The molecular weight excluding hydrogens is 316 g/mol. The van der Waals surface area contributed by atoms with Crippen molar-refractivity contribution in [1.82, 2.24) is 14.8 Å². The predicted molar refractivity (Wildman–Crippen MR) is 84.3 cm³/mol. The molecule has 128 valence electrons. The molecule has 1 aliphatic heterocycles. The highest BCUT2D eigenvalue weighted by molar-refractivity contribution is 5.76. The van der Waals surface area contributed by atoms with Crippen LogP contribution in [-0.2, 0) is 11.2 Å². The molecule has 0 saturated carbocycles. The molecule has 0 unspecified atom stereocenters. The quantitative estimate of drug-likeness (QED) is 0.860. The van der Waals surface area contributed by atoms with Gasteiger partial charge in [-0.1, -0.05) is 0 Å². The second kappa shape index (κ2) is 7.09. The lowest BCUT2D eigenvalue weighted by molar-refractivity contribution is -0.132. The first-order chi connectivity index (χ1) is 11.5. The first kappa shape index (κ1) is 16.6. The fourth-order valence-corrected chi connectivity index (χ4v) is 2.67. The Bertz CT molecular complexity index is 724. The first-order valence-corrected chi connectivity index (χ1v) is 7.89. The lowest BCUT2D eigenvalue weighted by Crippen LogP contribution is -2.47. The van der Waals surface area contributed by atoms with Gasteiger partial charge in [0.2, 0.25) is 5.91 Å². The fraction of sp³-hybridized carbons (Fsp3) is 0.412. The Balaban J connectivity index is 1.59. The Morgan fingerprint density at radius 3 is 2.71 bits per heavy atom. The van der Waals surface area contributed by atoms with E-state index in [4.69, 9.17) is 4.42 Å². The van der Waals surface area contributed by atoms with Crippen LogP contribution in [0.15, 0.2) is 28.8 Å². The molecule has 0 N–H and O–H groups in total. The number of amides is 1. The number of piperazine rings is 1. The number of aryl methyl sites for hydroxylation is 1. The van der Waals surface area contributed by atoms with Crippen LogP contribution in [0.3, 0.4) is 0 Å². The fourth-order valence-electron chi connectivity index (χ4n) is 2.67. The Kier molecular flexibility index (Phi) is 4.89. The number of carbonyl (C=O) groups excluding carboxylic acids is 1. The number of aromatic nitrogens is 1. The zero-order valence-electron chi connectivity index (χ0n) is 13.5. The zero-order valence-corrected chi connectivity index (χ0v) is 13.5. The summed E-state index contributed by atoms with van der Waals surface area (Å²) in [6, 6.07) is 3.27. The predicted octanol–water partition coefficient (Wildman–Crippen LogP) is 2.33. The van der Waals surface area contributed by atoms with Crippen molar-refractivity contribution in [3.05, 3.63) is 41.9 Å². The SMILES string of the molecule is CN1CCN(C(=O)CCc2ncc(-c3ccc(F)cc3F)o2)CC1. The minimum absolute atomic E-state index is 0.0656. The average molecular weight is 335 g/mol. The average Bonchev–Trinajstić information content (AvgIpc) is 3.02. The van der Waals surface area contributed by atoms with Crippen LogP contribution in [0.25, 0.3) is 11.3 Å². The molecule has 0 radical (unpaired) electrons. The molecule has 1 aromatic carbocycles. The largest absolute Gasteiger partial charge is 0.441 e. The molecule has 1 fully saturated rings. The Hall–Kier alpha value is -2.28. The van der Waals surface area contributed by atoms with E-state index in [1.54, 1.807) is 0 Å². The summed E-state index contributed by atoms with van der Waals surface area (Å²) in [5.74, 6) is -0.679. The molecule has 0 atom stereocenters. The number of benzene rings is 1. The Morgan fingerprint density at radius 2 is 2.00 bits per heavy atom. The third kappa shape index (κ3) is 3.79. The number of carbonyl (C=O) groups is 1. The number of nitrogens with zero attached hydrogens (tertiary/aromatic N) is 3. The van der Waals surface area contributed by atoms with Crippen molar-refractivity contribution in [2.24, 2.45) is 0 Å². The van der Waals surface area contributed by atoms with Crippen LogP contribution in [0, 0.1) is 11.6 Å². The minimum atomic E-state index is -0.703. The Morgan fingerprint density at radius 1 is 1.25 bits per heavy atom. The summed E-state index contributed by atoms with van der Waals surface area (Å²) in [7, 11) is 2.03. The molecule has 1 aliphatic rings. The van der Waals surface area contributed by atoms with Gasteiger partial charge in [-0.3, -0.25) is 4.79 Å². The normalized spacial score (nSPS) is 15.7. The number of rotatable bonds is 4. The summed E-state index contributed by atoms with van der Waals surface area (Å²) in [4.78, 5) is 20.3. The highest BCUT2D eigenvalue weighted by atomic mass is 19.1. The van der Waals surface area contributed by atoms with Crippen molar-refractivity contribution >= 4 is 5.91 Å². The summed E-state index contributed by atoms with van der Waals surface area (Å²) in [5.41, 5.74) is 0.153. The van der Waals surface area contributed by atoms with E-state index < -0.39 is 11.6 Å². The summed E-state index contributed by atoms with van der Waals surface area (Å²) in [6.07, 6.45) is 2.05. The summed E-state index contributed by atoms with van der Waals surface area (Å²) in [6.45, 7) is 3.21. The summed E-state index contributed by atoms with van der Waals surface area (Å²) in [5, 5.41) is 0. The van der Waals surface area contributed by atoms with Gasteiger partial charge >= 0.3 is 0 Å². The third-order valence-corrected chi connectivity index (χ3v) is 4.16.